The summed E-state index contributed by atoms with van der Waals surface area (Å²) < 4.78 is 11.3. The van der Waals surface area contributed by atoms with Gasteiger partial charge in [0, 0.05) is 28.5 Å². The van der Waals surface area contributed by atoms with E-state index in [0.29, 0.717) is 28.7 Å². The van der Waals surface area contributed by atoms with Gasteiger partial charge in [0.1, 0.15) is 6.61 Å². The van der Waals surface area contributed by atoms with E-state index in [-0.39, 0.29) is 17.9 Å². The van der Waals surface area contributed by atoms with Gasteiger partial charge in [-0.05, 0) is 47.9 Å². The van der Waals surface area contributed by atoms with Crippen LogP contribution < -0.4 is 14.8 Å². The molecule has 3 rings (SSSR count). The number of pyridine rings is 1. The normalized spacial score (nSPS) is 11.8. The Labute approximate surface area is 182 Å². The van der Waals surface area contributed by atoms with Crippen molar-refractivity contribution in [1.82, 2.24) is 10.3 Å². The topological polar surface area (TPSA) is 60.5 Å². The van der Waals surface area contributed by atoms with Crippen molar-refractivity contribution in [2.75, 3.05) is 7.11 Å². The van der Waals surface area contributed by atoms with E-state index in [1.165, 1.54) is 0 Å². The van der Waals surface area contributed by atoms with Gasteiger partial charge in [0.15, 0.2) is 11.5 Å². The van der Waals surface area contributed by atoms with E-state index < -0.39 is 0 Å². The molecule has 2 aromatic carbocycles. The van der Waals surface area contributed by atoms with Crippen LogP contribution in [0.2, 0.25) is 5.02 Å². The summed E-state index contributed by atoms with van der Waals surface area (Å²) in [5.41, 5.74) is 2.45. The third kappa shape index (κ3) is 5.51. The number of benzene rings is 2. The van der Waals surface area contributed by atoms with Gasteiger partial charge in [-0.1, -0.05) is 43.6 Å². The van der Waals surface area contributed by atoms with Crippen molar-refractivity contribution in [3.8, 4) is 11.5 Å². The van der Waals surface area contributed by atoms with Crippen LogP contribution in [0.15, 0.2) is 67.0 Å². The monoisotopic (exact) mass is 424 g/mol. The summed E-state index contributed by atoms with van der Waals surface area (Å²) in [6.45, 7) is 4.49. The average molecular weight is 425 g/mol. The molecule has 0 aliphatic rings. The molecule has 0 fully saturated rings. The first-order chi connectivity index (χ1) is 14.5. The van der Waals surface area contributed by atoms with Gasteiger partial charge >= 0.3 is 0 Å². The maximum atomic E-state index is 12.9. The van der Waals surface area contributed by atoms with Crippen molar-refractivity contribution in [1.29, 1.82) is 0 Å². The van der Waals surface area contributed by atoms with Gasteiger partial charge in [-0.25, -0.2) is 0 Å². The molecule has 5 nitrogen and oxygen atoms in total. The molecule has 0 radical (unpaired) electrons. The maximum absolute atomic E-state index is 12.9. The van der Waals surface area contributed by atoms with Gasteiger partial charge in [0.2, 0.25) is 0 Å². The van der Waals surface area contributed by atoms with Crippen molar-refractivity contribution in [2.45, 2.75) is 26.5 Å². The minimum atomic E-state index is -0.180. The van der Waals surface area contributed by atoms with Crippen LogP contribution in [0.25, 0.3) is 0 Å². The zero-order valence-corrected chi connectivity index (χ0v) is 18.0. The molecule has 1 amide bonds. The highest BCUT2D eigenvalue weighted by Gasteiger charge is 2.20. The minimum Gasteiger partial charge on any atom is -0.493 e. The predicted molar refractivity (Wildman–Crippen MR) is 118 cm³/mol. The van der Waals surface area contributed by atoms with Crippen LogP contribution in [0.5, 0.6) is 11.5 Å². The Morgan fingerprint density at radius 3 is 2.50 bits per heavy atom. The number of amides is 1. The number of carbonyl (C=O) groups is 1. The zero-order valence-electron chi connectivity index (χ0n) is 17.3. The molecule has 1 heterocycles. The molecule has 1 aromatic heterocycles. The summed E-state index contributed by atoms with van der Waals surface area (Å²) >= 11 is 5.99. The molecule has 1 atom stereocenters. The van der Waals surface area contributed by atoms with Gasteiger partial charge in [0.05, 0.1) is 13.2 Å². The number of nitrogens with zero attached hydrogens (tertiary/aromatic N) is 1. The highest BCUT2D eigenvalue weighted by Crippen LogP contribution is 2.30. The molecule has 6 heteroatoms. The standard InChI is InChI=1S/C24H25ClN2O3/c1-16(2)23(18-6-9-20(25)10-7-18)27-24(28)19-8-11-21(22(13-19)29-3)30-15-17-5-4-12-26-14-17/h4-14,16,23H,15H2,1-3H3,(H,27,28). The number of rotatable bonds is 8. The van der Waals surface area contributed by atoms with Gasteiger partial charge < -0.3 is 14.8 Å². The lowest BCUT2D eigenvalue weighted by Gasteiger charge is -2.23. The summed E-state index contributed by atoms with van der Waals surface area (Å²) in [6, 6.07) is 16.3. The lowest BCUT2D eigenvalue weighted by molar-refractivity contribution is 0.0925. The number of nitrogens with one attached hydrogen (secondary N) is 1. The molecule has 3 aromatic rings. The Morgan fingerprint density at radius 2 is 1.87 bits per heavy atom. The van der Waals surface area contributed by atoms with Gasteiger partial charge in [0.25, 0.3) is 5.91 Å². The summed E-state index contributed by atoms with van der Waals surface area (Å²) in [5.74, 6) is 1.09. The maximum Gasteiger partial charge on any atom is 0.251 e. The molecule has 0 aliphatic heterocycles. The Hall–Kier alpha value is -3.05. The van der Waals surface area contributed by atoms with E-state index in [0.717, 1.165) is 11.1 Å². The highest BCUT2D eigenvalue weighted by atomic mass is 35.5. The van der Waals surface area contributed by atoms with Crippen LogP contribution in [-0.2, 0) is 6.61 Å². The summed E-state index contributed by atoms with van der Waals surface area (Å²) in [4.78, 5) is 17.0. The number of halogens is 1. The van der Waals surface area contributed by atoms with Crippen LogP contribution >= 0.6 is 11.6 Å². The van der Waals surface area contributed by atoms with Crippen molar-refractivity contribution in [3.63, 3.8) is 0 Å². The second kappa shape index (κ2) is 10.1. The second-order valence-corrected chi connectivity index (χ2v) is 7.70. The summed E-state index contributed by atoms with van der Waals surface area (Å²) in [6.07, 6.45) is 3.46. The predicted octanol–water partition coefficient (Wildman–Crippen LogP) is 5.45. The minimum absolute atomic E-state index is 0.137. The van der Waals surface area contributed by atoms with Gasteiger partial charge in [-0.2, -0.15) is 0 Å². The van der Waals surface area contributed by atoms with Crippen molar-refractivity contribution in [2.24, 2.45) is 5.92 Å². The van der Waals surface area contributed by atoms with Crippen LogP contribution in [-0.4, -0.2) is 18.0 Å². The smallest absolute Gasteiger partial charge is 0.251 e. The number of aromatic nitrogens is 1. The lowest BCUT2D eigenvalue weighted by atomic mass is 9.95. The molecule has 0 saturated carbocycles. The third-order valence-electron chi connectivity index (χ3n) is 4.73. The molecular weight excluding hydrogens is 400 g/mol. The van der Waals surface area contributed by atoms with Gasteiger partial charge in [-0.15, -0.1) is 0 Å². The van der Waals surface area contributed by atoms with Crippen molar-refractivity contribution >= 4 is 17.5 Å². The molecule has 30 heavy (non-hydrogen) atoms. The Bertz CT molecular complexity index is 976. The van der Waals surface area contributed by atoms with E-state index in [1.54, 1.807) is 37.7 Å². The van der Waals surface area contributed by atoms with E-state index in [4.69, 9.17) is 21.1 Å². The first-order valence-electron chi connectivity index (χ1n) is 9.74. The highest BCUT2D eigenvalue weighted by molar-refractivity contribution is 6.30. The first-order valence-corrected chi connectivity index (χ1v) is 10.1. The molecule has 156 valence electrons. The first kappa shape index (κ1) is 21.7. The van der Waals surface area contributed by atoms with Crippen molar-refractivity contribution < 1.29 is 14.3 Å². The molecule has 1 unspecified atom stereocenters. The Balaban J connectivity index is 1.74. The number of hydrogen-bond donors (Lipinski definition) is 1. The van der Waals surface area contributed by atoms with Crippen LogP contribution in [0.1, 0.15) is 41.4 Å². The fourth-order valence-electron chi connectivity index (χ4n) is 3.10. The van der Waals surface area contributed by atoms with Crippen LogP contribution in [0, 0.1) is 5.92 Å². The lowest BCUT2D eigenvalue weighted by Crippen LogP contribution is -2.31. The van der Waals surface area contributed by atoms with E-state index >= 15 is 0 Å². The van der Waals surface area contributed by atoms with E-state index in [9.17, 15) is 4.79 Å². The number of methoxy groups -OCH3 is 1. The van der Waals surface area contributed by atoms with Crippen LogP contribution in [0.3, 0.4) is 0 Å². The molecule has 1 N–H and O–H groups in total. The summed E-state index contributed by atoms with van der Waals surface area (Å²) in [7, 11) is 1.55. The zero-order chi connectivity index (χ0) is 21.5. The SMILES string of the molecule is COc1cc(C(=O)NC(c2ccc(Cl)cc2)C(C)C)ccc1OCc1cccnc1. The molecule has 0 spiro atoms. The fourth-order valence-corrected chi connectivity index (χ4v) is 3.23. The van der Waals surface area contributed by atoms with Crippen LogP contribution in [0.4, 0.5) is 0 Å². The second-order valence-electron chi connectivity index (χ2n) is 7.26. The number of ether oxygens (including phenoxy) is 2. The largest absolute Gasteiger partial charge is 0.493 e. The molecule has 0 bridgehead atoms. The third-order valence-corrected chi connectivity index (χ3v) is 4.98. The molecular formula is C24H25ClN2O3. The number of carbonyl (C=O) groups excluding carboxylic acids is 1. The van der Waals surface area contributed by atoms with E-state index in [2.05, 4.69) is 24.1 Å². The Morgan fingerprint density at radius 1 is 1.10 bits per heavy atom. The van der Waals surface area contributed by atoms with Crippen molar-refractivity contribution in [3.05, 3.63) is 88.7 Å². The molecule has 0 aliphatic carbocycles. The number of hydrogen-bond acceptors (Lipinski definition) is 4. The fraction of sp³-hybridized carbons (Fsp3) is 0.250. The quantitative estimate of drug-likeness (QED) is 0.522. The molecule has 0 saturated heterocycles. The van der Waals surface area contributed by atoms with Gasteiger partial charge in [-0.3, -0.25) is 9.78 Å². The average Bonchev–Trinajstić information content (AvgIpc) is 2.77. The Kier molecular flexibility index (Phi) is 7.31. The summed E-state index contributed by atoms with van der Waals surface area (Å²) in [5, 5.41) is 3.78. The van der Waals surface area contributed by atoms with E-state index in [1.807, 2.05) is 36.4 Å².